The maximum Gasteiger partial charge on any atom is 0.327 e. The Morgan fingerprint density at radius 2 is 1.31 bits per heavy atom. The van der Waals surface area contributed by atoms with Gasteiger partial charge in [-0.05, 0) is 43.3 Å². The Balaban J connectivity index is 5.38. The number of primary amides is 1. The molecule has 0 rings (SSSR count). The van der Waals surface area contributed by atoms with Crippen molar-refractivity contribution in [1.82, 2.24) is 16.0 Å². The van der Waals surface area contributed by atoms with Crippen LogP contribution in [0.3, 0.4) is 0 Å². The van der Waals surface area contributed by atoms with Crippen molar-refractivity contribution in [2.45, 2.75) is 49.9 Å². The molecule has 0 aliphatic rings. The number of carboxylic acids is 1. The first kappa shape index (κ1) is 30.4. The van der Waals surface area contributed by atoms with Gasteiger partial charge in [0, 0.05) is 12.2 Å². The Morgan fingerprint density at radius 1 is 0.844 bits per heavy atom. The summed E-state index contributed by atoms with van der Waals surface area (Å²) in [5.74, 6) is -2.83. The van der Waals surface area contributed by atoms with E-state index in [2.05, 4.69) is 28.6 Å². The van der Waals surface area contributed by atoms with Crippen LogP contribution >= 0.6 is 36.2 Å². The topological polar surface area (TPSA) is 194 Å². The smallest absolute Gasteiger partial charge is 0.327 e. The van der Waals surface area contributed by atoms with Gasteiger partial charge >= 0.3 is 5.97 Å². The molecule has 4 atom stereocenters. The summed E-state index contributed by atoms with van der Waals surface area (Å²) in [7, 11) is 0. The van der Waals surface area contributed by atoms with Gasteiger partial charge in [0.25, 0.3) is 0 Å². The van der Waals surface area contributed by atoms with Crippen LogP contribution in [-0.2, 0) is 24.0 Å². The van der Waals surface area contributed by atoms with Crippen molar-refractivity contribution in [2.75, 3.05) is 29.8 Å². The molecule has 0 aliphatic heterocycles. The first-order chi connectivity index (χ1) is 15.1. The van der Waals surface area contributed by atoms with Crippen LogP contribution in [0.1, 0.15) is 25.7 Å². The standard InChI is InChI=1S/C18H33N5O6S3/c1-31-7-5-10(19)15(25)21-11(3-4-14(20)24)16(26)22-12(6-8-32-2)17(27)23-13(9-30)18(28)29/h10-13,30H,3-9,19H2,1-2H3,(H2,20,24)(H,21,25)(H,22,26)(H,23,27)(H,28,29). The Labute approximate surface area is 201 Å². The second-order valence-corrected chi connectivity index (χ2v) is 9.22. The molecule has 4 unspecified atom stereocenters. The van der Waals surface area contributed by atoms with Crippen LogP contribution in [0, 0.1) is 0 Å². The van der Waals surface area contributed by atoms with Crippen molar-refractivity contribution in [3.05, 3.63) is 0 Å². The minimum Gasteiger partial charge on any atom is -0.480 e. The van der Waals surface area contributed by atoms with Crippen LogP contribution < -0.4 is 27.4 Å². The number of carbonyl (C=O) groups is 5. The van der Waals surface area contributed by atoms with Gasteiger partial charge in [-0.3, -0.25) is 19.2 Å². The summed E-state index contributed by atoms with van der Waals surface area (Å²) in [4.78, 5) is 60.2. The van der Waals surface area contributed by atoms with Gasteiger partial charge in [0.15, 0.2) is 0 Å². The lowest BCUT2D eigenvalue weighted by Crippen LogP contribution is -2.57. The molecule has 8 N–H and O–H groups in total. The molecular formula is C18H33N5O6S3. The van der Waals surface area contributed by atoms with Crippen molar-refractivity contribution >= 4 is 65.8 Å². The van der Waals surface area contributed by atoms with Crippen molar-refractivity contribution < 1.29 is 29.1 Å². The second kappa shape index (κ2) is 16.9. The van der Waals surface area contributed by atoms with E-state index in [0.29, 0.717) is 17.9 Å². The number of hydrogen-bond donors (Lipinski definition) is 7. The van der Waals surface area contributed by atoms with E-state index in [9.17, 15) is 24.0 Å². The third-order valence-corrected chi connectivity index (χ3v) is 5.98. The molecule has 4 amide bonds. The van der Waals surface area contributed by atoms with E-state index < -0.39 is 53.8 Å². The number of thioether (sulfide) groups is 2. The molecule has 0 bridgehead atoms. The van der Waals surface area contributed by atoms with Gasteiger partial charge in [0.05, 0.1) is 6.04 Å². The number of nitrogens with one attached hydrogen (secondary N) is 3. The highest BCUT2D eigenvalue weighted by Crippen LogP contribution is 2.06. The molecular weight excluding hydrogens is 478 g/mol. The molecule has 0 aromatic carbocycles. The fourth-order valence-corrected chi connectivity index (χ4v) is 3.65. The highest BCUT2D eigenvalue weighted by molar-refractivity contribution is 7.98. The molecule has 0 radical (unpaired) electrons. The quantitative estimate of drug-likeness (QED) is 0.114. The number of aliphatic carboxylic acids is 1. The number of carbonyl (C=O) groups excluding carboxylic acids is 4. The monoisotopic (exact) mass is 511 g/mol. The third kappa shape index (κ3) is 12.4. The number of thiol groups is 1. The zero-order valence-corrected chi connectivity index (χ0v) is 20.7. The van der Waals surface area contributed by atoms with Crippen molar-refractivity contribution in [2.24, 2.45) is 11.5 Å². The minimum atomic E-state index is -1.26. The summed E-state index contributed by atoms with van der Waals surface area (Å²) < 4.78 is 0. The Bertz CT molecular complexity index is 655. The number of nitrogens with two attached hydrogens (primary N) is 2. The zero-order valence-electron chi connectivity index (χ0n) is 18.2. The summed E-state index contributed by atoms with van der Waals surface area (Å²) in [6, 6.07) is -4.25. The molecule has 0 aromatic heterocycles. The molecule has 0 aromatic rings. The summed E-state index contributed by atoms with van der Waals surface area (Å²) in [5, 5.41) is 16.5. The van der Waals surface area contributed by atoms with E-state index in [1.54, 1.807) is 0 Å². The molecule has 0 saturated heterocycles. The zero-order chi connectivity index (χ0) is 24.7. The average Bonchev–Trinajstić information content (AvgIpc) is 2.74. The van der Waals surface area contributed by atoms with Crippen molar-refractivity contribution in [3.8, 4) is 0 Å². The molecule has 11 nitrogen and oxygen atoms in total. The molecule has 0 saturated carbocycles. The second-order valence-electron chi connectivity index (χ2n) is 6.88. The fourth-order valence-electron chi connectivity index (χ4n) is 2.44. The van der Waals surface area contributed by atoms with Crippen LogP contribution in [0.4, 0.5) is 0 Å². The number of rotatable bonds is 17. The van der Waals surface area contributed by atoms with Crippen LogP contribution in [0.15, 0.2) is 0 Å². The predicted molar refractivity (Wildman–Crippen MR) is 130 cm³/mol. The van der Waals surface area contributed by atoms with E-state index in [-0.39, 0.29) is 25.0 Å². The Hall–Kier alpha value is -1.64. The molecule has 0 spiro atoms. The number of amides is 4. The summed E-state index contributed by atoms with van der Waals surface area (Å²) in [6.07, 6.45) is 4.07. The highest BCUT2D eigenvalue weighted by atomic mass is 32.2. The lowest BCUT2D eigenvalue weighted by molar-refractivity contribution is -0.141. The van der Waals surface area contributed by atoms with Gasteiger partial charge in [-0.25, -0.2) is 4.79 Å². The van der Waals surface area contributed by atoms with Gasteiger partial charge in [-0.15, -0.1) is 0 Å². The van der Waals surface area contributed by atoms with Crippen LogP contribution in [0.2, 0.25) is 0 Å². The lowest BCUT2D eigenvalue weighted by atomic mass is 10.1. The molecule has 0 aliphatic carbocycles. The first-order valence-corrected chi connectivity index (χ1v) is 13.3. The molecule has 32 heavy (non-hydrogen) atoms. The summed E-state index contributed by atoms with van der Waals surface area (Å²) in [5.41, 5.74) is 11.0. The van der Waals surface area contributed by atoms with Gasteiger partial charge in [-0.1, -0.05) is 0 Å². The molecule has 0 fully saturated rings. The maximum atomic E-state index is 12.9. The first-order valence-electron chi connectivity index (χ1n) is 9.83. The van der Waals surface area contributed by atoms with Gasteiger partial charge in [-0.2, -0.15) is 36.2 Å². The normalized spacial score (nSPS) is 14.5. The average molecular weight is 512 g/mol. The fraction of sp³-hybridized carbons (Fsp3) is 0.722. The van der Waals surface area contributed by atoms with E-state index in [1.165, 1.54) is 23.5 Å². The van der Waals surface area contributed by atoms with Crippen LogP contribution in [0.5, 0.6) is 0 Å². The summed E-state index contributed by atoms with van der Waals surface area (Å²) >= 11 is 6.87. The largest absolute Gasteiger partial charge is 0.480 e. The van der Waals surface area contributed by atoms with Crippen molar-refractivity contribution in [1.29, 1.82) is 0 Å². The van der Waals surface area contributed by atoms with Crippen LogP contribution in [-0.4, -0.2) is 88.6 Å². The van der Waals surface area contributed by atoms with Gasteiger partial charge < -0.3 is 32.5 Å². The van der Waals surface area contributed by atoms with E-state index in [4.69, 9.17) is 16.6 Å². The van der Waals surface area contributed by atoms with Crippen LogP contribution in [0.25, 0.3) is 0 Å². The maximum absolute atomic E-state index is 12.9. The highest BCUT2D eigenvalue weighted by Gasteiger charge is 2.30. The predicted octanol–water partition coefficient (Wildman–Crippen LogP) is -1.45. The third-order valence-electron chi connectivity index (χ3n) is 4.32. The number of carboxylic acid groups (broad SMARTS) is 1. The van der Waals surface area contributed by atoms with E-state index >= 15 is 0 Å². The van der Waals surface area contributed by atoms with Crippen molar-refractivity contribution in [3.63, 3.8) is 0 Å². The van der Waals surface area contributed by atoms with Gasteiger partial charge in [0.1, 0.15) is 18.1 Å². The molecule has 14 heteroatoms. The Morgan fingerprint density at radius 3 is 1.78 bits per heavy atom. The molecule has 0 heterocycles. The minimum absolute atomic E-state index is 0.0760. The lowest BCUT2D eigenvalue weighted by Gasteiger charge is -2.25. The SMILES string of the molecule is CSCCC(N)C(=O)NC(CCC(N)=O)C(=O)NC(CCSC)C(=O)NC(CS)C(=O)O. The van der Waals surface area contributed by atoms with E-state index in [0.717, 1.165) is 0 Å². The van der Waals surface area contributed by atoms with Gasteiger partial charge in [0.2, 0.25) is 23.6 Å². The van der Waals surface area contributed by atoms with E-state index in [1.807, 2.05) is 12.5 Å². The Kier molecular flexibility index (Phi) is 16.1. The molecule has 184 valence electrons. The summed E-state index contributed by atoms with van der Waals surface area (Å²) in [6.45, 7) is 0. The number of hydrogen-bond acceptors (Lipinski definition) is 9.